The standard InChI is InChI=1S/C25H28N2O3/c1-13-2-6-15(7-3-13)26-23(28)14-4-8-16(9-5-14)27-24(29)21-17-10-11-18(20-12-19(17)20)22(21)25(27)30/h2-3,6-7,10-11,14,16-22H,4-5,8-9,12H2,1H3,(H,26,28)/t14?,16?,17-,18-,19-,20-,21-,22+/m1/s1. The van der Waals surface area contributed by atoms with E-state index in [2.05, 4.69) is 17.5 Å². The molecule has 3 amide bonds. The Bertz CT molecular complexity index is 908. The summed E-state index contributed by atoms with van der Waals surface area (Å²) in [4.78, 5) is 40.9. The van der Waals surface area contributed by atoms with E-state index in [4.69, 9.17) is 0 Å². The molecule has 4 fully saturated rings. The molecule has 1 aliphatic heterocycles. The molecular weight excluding hydrogens is 376 g/mol. The van der Waals surface area contributed by atoms with Crippen molar-refractivity contribution in [3.63, 3.8) is 0 Å². The summed E-state index contributed by atoms with van der Waals surface area (Å²) in [5.74, 6) is 1.75. The summed E-state index contributed by atoms with van der Waals surface area (Å²) >= 11 is 0. The molecule has 5 heteroatoms. The highest BCUT2D eigenvalue weighted by Crippen LogP contribution is 2.65. The van der Waals surface area contributed by atoms with Gasteiger partial charge in [0.1, 0.15) is 0 Å². The highest BCUT2D eigenvalue weighted by atomic mass is 16.2. The third-order valence-corrected chi connectivity index (χ3v) is 8.45. The monoisotopic (exact) mass is 404 g/mol. The summed E-state index contributed by atoms with van der Waals surface area (Å²) in [5, 5.41) is 3.02. The van der Waals surface area contributed by atoms with Crippen LogP contribution in [-0.2, 0) is 14.4 Å². The van der Waals surface area contributed by atoms with Crippen molar-refractivity contribution in [2.45, 2.75) is 45.1 Å². The van der Waals surface area contributed by atoms with Crippen LogP contribution in [0.25, 0.3) is 0 Å². The van der Waals surface area contributed by atoms with E-state index in [0.29, 0.717) is 11.8 Å². The maximum absolute atomic E-state index is 13.3. The van der Waals surface area contributed by atoms with E-state index in [-0.39, 0.29) is 53.4 Å². The first-order valence-corrected chi connectivity index (χ1v) is 11.5. The molecule has 6 atom stereocenters. The average molecular weight is 405 g/mol. The van der Waals surface area contributed by atoms with Crippen LogP contribution in [0.4, 0.5) is 5.69 Å². The third kappa shape index (κ3) is 2.63. The fraction of sp³-hybridized carbons (Fsp3) is 0.560. The molecule has 1 aromatic carbocycles. The van der Waals surface area contributed by atoms with Crippen molar-refractivity contribution in [2.24, 2.45) is 41.4 Å². The number of nitrogens with zero attached hydrogens (tertiary/aromatic N) is 1. The molecule has 1 saturated heterocycles. The van der Waals surface area contributed by atoms with Gasteiger partial charge in [-0.15, -0.1) is 0 Å². The summed E-state index contributed by atoms with van der Waals surface area (Å²) in [5.41, 5.74) is 1.98. The first kappa shape index (κ1) is 18.3. The van der Waals surface area contributed by atoms with Crippen molar-refractivity contribution >= 4 is 23.4 Å². The quantitative estimate of drug-likeness (QED) is 0.619. The van der Waals surface area contributed by atoms with E-state index >= 15 is 0 Å². The molecule has 30 heavy (non-hydrogen) atoms. The van der Waals surface area contributed by atoms with Gasteiger partial charge in [0.2, 0.25) is 17.7 Å². The molecular formula is C25H28N2O3. The largest absolute Gasteiger partial charge is 0.326 e. The van der Waals surface area contributed by atoms with Crippen molar-refractivity contribution in [3.8, 4) is 0 Å². The Morgan fingerprint density at radius 2 is 1.47 bits per heavy atom. The van der Waals surface area contributed by atoms with E-state index in [1.165, 1.54) is 6.42 Å². The van der Waals surface area contributed by atoms with Gasteiger partial charge in [-0.3, -0.25) is 19.3 Å². The zero-order valence-corrected chi connectivity index (χ0v) is 17.3. The van der Waals surface area contributed by atoms with Crippen LogP contribution in [0.3, 0.4) is 0 Å². The van der Waals surface area contributed by atoms with Crippen LogP contribution >= 0.6 is 0 Å². The molecule has 5 aliphatic carbocycles. The predicted octanol–water partition coefficient (Wildman–Crippen LogP) is 3.55. The first-order valence-electron chi connectivity index (χ1n) is 11.5. The smallest absolute Gasteiger partial charge is 0.233 e. The lowest BCUT2D eigenvalue weighted by molar-refractivity contribution is -0.144. The Kier molecular flexibility index (Phi) is 4.00. The zero-order chi connectivity index (χ0) is 20.6. The second-order valence-corrected chi connectivity index (χ2v) is 10.1. The summed E-state index contributed by atoms with van der Waals surface area (Å²) in [6, 6.07) is 7.80. The van der Waals surface area contributed by atoms with Gasteiger partial charge in [-0.25, -0.2) is 0 Å². The van der Waals surface area contributed by atoms with Crippen LogP contribution in [0.15, 0.2) is 36.4 Å². The Morgan fingerprint density at radius 3 is 2.03 bits per heavy atom. The Hall–Kier alpha value is -2.43. The lowest BCUT2D eigenvalue weighted by Crippen LogP contribution is -2.44. The minimum Gasteiger partial charge on any atom is -0.326 e. The number of benzene rings is 1. The van der Waals surface area contributed by atoms with Gasteiger partial charge in [0.15, 0.2) is 0 Å². The number of allylic oxidation sites excluding steroid dienone is 2. The van der Waals surface area contributed by atoms with Crippen LogP contribution in [0.2, 0.25) is 0 Å². The van der Waals surface area contributed by atoms with Gasteiger partial charge in [-0.2, -0.15) is 0 Å². The number of hydrogen-bond donors (Lipinski definition) is 1. The molecule has 156 valence electrons. The molecule has 1 heterocycles. The van der Waals surface area contributed by atoms with Crippen LogP contribution < -0.4 is 5.32 Å². The number of aryl methyl sites for hydroxylation is 1. The SMILES string of the molecule is Cc1ccc(NC(=O)C2CCC(N3C(=O)[C@@H]4[C@@H]5C=C[C@H]([C@H]6C[C@H]56)[C@@H]4C3=O)CC2)cc1. The number of nitrogens with one attached hydrogen (secondary N) is 1. The van der Waals surface area contributed by atoms with Gasteiger partial charge in [0, 0.05) is 17.6 Å². The van der Waals surface area contributed by atoms with E-state index in [9.17, 15) is 14.4 Å². The Morgan fingerprint density at radius 1 is 0.900 bits per heavy atom. The molecule has 1 aromatic rings. The van der Waals surface area contributed by atoms with Crippen molar-refractivity contribution in [1.29, 1.82) is 0 Å². The predicted molar refractivity (Wildman–Crippen MR) is 112 cm³/mol. The number of likely N-dealkylation sites (tertiary alicyclic amines) is 1. The normalized spacial score (nSPS) is 40.9. The zero-order valence-electron chi connectivity index (χ0n) is 17.3. The fourth-order valence-corrected chi connectivity index (χ4v) is 6.82. The van der Waals surface area contributed by atoms with Gasteiger partial charge in [-0.05, 0) is 74.8 Å². The summed E-state index contributed by atoms with van der Waals surface area (Å²) < 4.78 is 0. The van der Waals surface area contributed by atoms with Crippen LogP contribution in [0.1, 0.15) is 37.7 Å². The molecule has 0 spiro atoms. The highest BCUT2D eigenvalue weighted by Gasteiger charge is 2.67. The molecule has 3 saturated carbocycles. The van der Waals surface area contributed by atoms with Gasteiger partial charge in [0.05, 0.1) is 11.8 Å². The van der Waals surface area contributed by atoms with E-state index in [1.807, 2.05) is 31.2 Å². The van der Waals surface area contributed by atoms with Gasteiger partial charge < -0.3 is 5.32 Å². The van der Waals surface area contributed by atoms with Crippen molar-refractivity contribution in [3.05, 3.63) is 42.0 Å². The van der Waals surface area contributed by atoms with Crippen molar-refractivity contribution in [2.75, 3.05) is 5.32 Å². The van der Waals surface area contributed by atoms with Crippen LogP contribution in [0, 0.1) is 48.3 Å². The minimum absolute atomic E-state index is 0.0326. The molecule has 0 aromatic heterocycles. The number of carbonyl (C=O) groups excluding carboxylic acids is 3. The maximum Gasteiger partial charge on any atom is 0.233 e. The van der Waals surface area contributed by atoms with Crippen molar-refractivity contribution in [1.82, 2.24) is 4.90 Å². The third-order valence-electron chi connectivity index (χ3n) is 8.45. The average Bonchev–Trinajstić information content (AvgIpc) is 3.53. The van der Waals surface area contributed by atoms with E-state index in [1.54, 1.807) is 4.90 Å². The summed E-state index contributed by atoms with van der Waals surface area (Å²) in [6.07, 6.45) is 8.56. The molecule has 0 radical (unpaired) electrons. The number of hydrogen-bond acceptors (Lipinski definition) is 3. The number of rotatable bonds is 3. The molecule has 1 N–H and O–H groups in total. The minimum atomic E-state index is -0.112. The summed E-state index contributed by atoms with van der Waals surface area (Å²) in [6.45, 7) is 2.02. The number of anilines is 1. The molecule has 2 bridgehead atoms. The van der Waals surface area contributed by atoms with Crippen molar-refractivity contribution < 1.29 is 14.4 Å². The Balaban J connectivity index is 1.11. The van der Waals surface area contributed by atoms with Crippen LogP contribution in [-0.4, -0.2) is 28.7 Å². The Labute approximate surface area is 176 Å². The lowest BCUT2D eigenvalue weighted by atomic mass is 9.63. The topological polar surface area (TPSA) is 66.5 Å². The van der Waals surface area contributed by atoms with Gasteiger partial charge >= 0.3 is 0 Å². The molecule has 5 nitrogen and oxygen atoms in total. The van der Waals surface area contributed by atoms with E-state index < -0.39 is 0 Å². The fourth-order valence-electron chi connectivity index (χ4n) is 6.82. The lowest BCUT2D eigenvalue weighted by Gasteiger charge is -2.37. The second-order valence-electron chi connectivity index (χ2n) is 10.1. The number of imide groups is 1. The maximum atomic E-state index is 13.3. The highest BCUT2D eigenvalue weighted by molar-refractivity contribution is 6.06. The summed E-state index contributed by atoms with van der Waals surface area (Å²) in [7, 11) is 0. The van der Waals surface area contributed by atoms with Crippen LogP contribution in [0.5, 0.6) is 0 Å². The molecule has 0 unspecified atom stereocenters. The molecule has 6 aliphatic rings. The number of carbonyl (C=O) groups is 3. The second kappa shape index (κ2) is 6.53. The number of amides is 3. The van der Waals surface area contributed by atoms with Gasteiger partial charge in [0.25, 0.3) is 0 Å². The van der Waals surface area contributed by atoms with E-state index in [0.717, 1.165) is 36.9 Å². The van der Waals surface area contributed by atoms with Gasteiger partial charge in [-0.1, -0.05) is 29.8 Å². The first-order chi connectivity index (χ1) is 14.5. The molecule has 7 rings (SSSR count).